The van der Waals surface area contributed by atoms with Gasteiger partial charge in [-0.1, -0.05) is 0 Å². The number of rotatable bonds is 7. The molecule has 0 saturated carbocycles. The van der Waals surface area contributed by atoms with Gasteiger partial charge in [-0.2, -0.15) is 0 Å². The fourth-order valence-corrected chi connectivity index (χ4v) is 4.61. The molecule has 0 spiro atoms. The highest BCUT2D eigenvalue weighted by molar-refractivity contribution is 7.20. The number of anilines is 2. The molecule has 0 bridgehead atoms. The maximum absolute atomic E-state index is 13.9. The van der Waals surface area contributed by atoms with E-state index in [1.54, 1.807) is 13.0 Å². The van der Waals surface area contributed by atoms with Gasteiger partial charge >= 0.3 is 0 Å². The molecule has 1 aromatic carbocycles. The molecule has 1 amide bonds. The van der Waals surface area contributed by atoms with Crippen LogP contribution in [0.1, 0.15) is 28.1 Å². The lowest BCUT2D eigenvalue weighted by molar-refractivity contribution is 0.0954. The molecular weight excluding hydrogens is 424 g/mol. The maximum atomic E-state index is 13.9. The van der Waals surface area contributed by atoms with E-state index >= 15 is 0 Å². The quantitative estimate of drug-likeness (QED) is 0.512. The van der Waals surface area contributed by atoms with Crippen molar-refractivity contribution in [3.63, 3.8) is 0 Å². The second kappa shape index (κ2) is 9.52. The number of amides is 1. The molecule has 10 heteroatoms. The van der Waals surface area contributed by atoms with E-state index in [4.69, 9.17) is 4.74 Å². The Morgan fingerprint density at radius 2 is 2.26 bits per heavy atom. The zero-order valence-electron chi connectivity index (χ0n) is 17.0. The van der Waals surface area contributed by atoms with Crippen molar-refractivity contribution in [2.24, 2.45) is 0 Å². The number of alkyl halides is 1. The van der Waals surface area contributed by atoms with Crippen molar-refractivity contribution in [3.05, 3.63) is 40.8 Å². The number of ether oxygens (including phenoxy) is 1. The van der Waals surface area contributed by atoms with E-state index in [-0.39, 0.29) is 18.6 Å². The van der Waals surface area contributed by atoms with Crippen LogP contribution in [0.5, 0.6) is 5.75 Å². The van der Waals surface area contributed by atoms with Gasteiger partial charge in [-0.15, -0.1) is 11.3 Å². The van der Waals surface area contributed by atoms with Crippen molar-refractivity contribution < 1.29 is 18.3 Å². The number of nitrogens with zero attached hydrogens (tertiary/aromatic N) is 2. The smallest absolute Gasteiger partial charge is 0.261 e. The molecule has 7 nitrogen and oxygen atoms in total. The summed E-state index contributed by atoms with van der Waals surface area (Å²) >= 11 is 1.22. The molecule has 1 atom stereocenters. The van der Waals surface area contributed by atoms with Crippen molar-refractivity contribution in [1.82, 2.24) is 20.6 Å². The van der Waals surface area contributed by atoms with Crippen LogP contribution in [0.4, 0.5) is 20.3 Å². The molecule has 3 aromatic rings. The highest BCUT2D eigenvalue weighted by Gasteiger charge is 2.21. The number of carbonyl (C=O) groups excluding carboxylic acids is 1. The van der Waals surface area contributed by atoms with Crippen LogP contribution in [-0.2, 0) is 0 Å². The molecule has 0 aliphatic carbocycles. The van der Waals surface area contributed by atoms with Gasteiger partial charge in [0.05, 0.1) is 16.0 Å². The molecule has 3 N–H and O–H groups in total. The predicted molar refractivity (Wildman–Crippen MR) is 117 cm³/mol. The fraction of sp³-hybridized carbons (Fsp3) is 0.381. The fourth-order valence-electron chi connectivity index (χ4n) is 3.55. The van der Waals surface area contributed by atoms with Gasteiger partial charge in [0.15, 0.2) is 0 Å². The lowest BCUT2D eigenvalue weighted by Gasteiger charge is -2.25. The number of nitrogens with one attached hydrogen (secondary N) is 3. The molecule has 2 aromatic heterocycles. The lowest BCUT2D eigenvalue weighted by atomic mass is 10.1. The highest BCUT2D eigenvalue weighted by Crippen LogP contribution is 2.36. The predicted octanol–water partition coefficient (Wildman–Crippen LogP) is 3.71. The van der Waals surface area contributed by atoms with Crippen molar-refractivity contribution in [2.45, 2.75) is 25.9 Å². The zero-order chi connectivity index (χ0) is 21.8. The van der Waals surface area contributed by atoms with Crippen LogP contribution in [0.15, 0.2) is 24.5 Å². The van der Waals surface area contributed by atoms with E-state index in [0.29, 0.717) is 44.5 Å². The number of aryl methyl sites for hydroxylation is 1. The molecule has 0 radical (unpaired) electrons. The summed E-state index contributed by atoms with van der Waals surface area (Å²) in [4.78, 5) is 22.1. The molecule has 164 valence electrons. The topological polar surface area (TPSA) is 88.2 Å². The number of piperidine rings is 1. The van der Waals surface area contributed by atoms with Crippen molar-refractivity contribution >= 4 is 39.0 Å². The Morgan fingerprint density at radius 3 is 3.03 bits per heavy atom. The first-order valence-corrected chi connectivity index (χ1v) is 10.9. The molecule has 3 heterocycles. The minimum Gasteiger partial charge on any atom is -0.487 e. The van der Waals surface area contributed by atoms with E-state index in [1.807, 2.05) is 0 Å². The molecule has 1 unspecified atom stereocenters. The number of aromatic nitrogens is 2. The maximum Gasteiger partial charge on any atom is 0.261 e. The second-order valence-corrected chi connectivity index (χ2v) is 8.25. The monoisotopic (exact) mass is 447 g/mol. The Hall–Kier alpha value is -2.85. The van der Waals surface area contributed by atoms with Gasteiger partial charge in [-0.05, 0) is 44.0 Å². The van der Waals surface area contributed by atoms with E-state index in [2.05, 4.69) is 25.9 Å². The largest absolute Gasteiger partial charge is 0.487 e. The molecule has 1 fully saturated rings. The Bertz CT molecular complexity index is 1090. The molecule has 1 aliphatic rings. The first-order chi connectivity index (χ1) is 15.1. The van der Waals surface area contributed by atoms with Crippen LogP contribution in [0.3, 0.4) is 0 Å². The first-order valence-electron chi connectivity index (χ1n) is 10.1. The minimum absolute atomic E-state index is 0.0460. The number of halogens is 2. The van der Waals surface area contributed by atoms with Crippen LogP contribution >= 0.6 is 11.3 Å². The van der Waals surface area contributed by atoms with Crippen molar-refractivity contribution in [3.8, 4) is 5.75 Å². The van der Waals surface area contributed by atoms with Crippen LogP contribution in [0, 0.1) is 12.7 Å². The highest BCUT2D eigenvalue weighted by atomic mass is 32.1. The summed E-state index contributed by atoms with van der Waals surface area (Å²) in [6.45, 7) is 2.77. The zero-order valence-corrected chi connectivity index (χ0v) is 17.8. The van der Waals surface area contributed by atoms with Gasteiger partial charge in [-0.3, -0.25) is 4.79 Å². The third-order valence-electron chi connectivity index (χ3n) is 5.06. The Balaban J connectivity index is 1.65. The van der Waals surface area contributed by atoms with E-state index < -0.39 is 12.5 Å². The molecule has 4 rings (SSSR count). The van der Waals surface area contributed by atoms with Gasteiger partial charge in [0.25, 0.3) is 5.91 Å². The van der Waals surface area contributed by atoms with E-state index in [1.165, 1.54) is 29.8 Å². The standard InChI is InChI=1S/C21H23F2N5O2S/c1-12-17-19(26-11-27-21(17)31-18(12)20(29)25-8-6-22)28-15-5-4-13(23)9-16(15)30-14-3-2-7-24-10-14/h4-5,9,11,14,24H,2-3,6-8,10H2,1H3,(H,25,29)(H,26,27,28). The number of carbonyl (C=O) groups is 1. The Morgan fingerprint density at radius 1 is 1.39 bits per heavy atom. The van der Waals surface area contributed by atoms with Gasteiger partial charge in [0, 0.05) is 19.2 Å². The summed E-state index contributed by atoms with van der Waals surface area (Å²) < 4.78 is 32.4. The number of thiophene rings is 1. The number of fused-ring (bicyclic) bond motifs is 1. The van der Waals surface area contributed by atoms with Gasteiger partial charge < -0.3 is 20.7 Å². The summed E-state index contributed by atoms with van der Waals surface area (Å²) in [7, 11) is 0. The average Bonchev–Trinajstić information content (AvgIpc) is 3.12. The van der Waals surface area contributed by atoms with Crippen molar-refractivity contribution in [2.75, 3.05) is 31.6 Å². The number of benzene rings is 1. The number of hydrogen-bond donors (Lipinski definition) is 3. The van der Waals surface area contributed by atoms with Crippen LogP contribution in [0.2, 0.25) is 0 Å². The summed E-state index contributed by atoms with van der Waals surface area (Å²) in [5, 5.41) is 9.73. The van der Waals surface area contributed by atoms with E-state index in [9.17, 15) is 13.6 Å². The lowest BCUT2D eigenvalue weighted by Crippen LogP contribution is -2.37. The van der Waals surface area contributed by atoms with Gasteiger partial charge in [-0.25, -0.2) is 18.7 Å². The molecule has 1 aliphatic heterocycles. The summed E-state index contributed by atoms with van der Waals surface area (Å²) in [6, 6.07) is 4.31. The van der Waals surface area contributed by atoms with Crippen LogP contribution in [-0.4, -0.2) is 48.3 Å². The minimum atomic E-state index is -0.633. The first kappa shape index (κ1) is 21.4. The van der Waals surface area contributed by atoms with Crippen molar-refractivity contribution in [1.29, 1.82) is 0 Å². The third-order valence-corrected chi connectivity index (χ3v) is 6.25. The van der Waals surface area contributed by atoms with Crippen LogP contribution < -0.4 is 20.7 Å². The second-order valence-electron chi connectivity index (χ2n) is 7.26. The summed E-state index contributed by atoms with van der Waals surface area (Å²) in [5.74, 6) is 0.145. The van der Waals surface area contributed by atoms with E-state index in [0.717, 1.165) is 19.4 Å². The Labute approximate surface area is 182 Å². The molecule has 1 saturated heterocycles. The average molecular weight is 448 g/mol. The number of hydrogen-bond acceptors (Lipinski definition) is 7. The summed E-state index contributed by atoms with van der Waals surface area (Å²) in [5.41, 5.74) is 1.27. The Kier molecular flexibility index (Phi) is 6.57. The van der Waals surface area contributed by atoms with Gasteiger partial charge in [0.1, 0.15) is 41.3 Å². The normalized spacial score (nSPS) is 16.3. The van der Waals surface area contributed by atoms with Gasteiger partial charge in [0.2, 0.25) is 0 Å². The summed E-state index contributed by atoms with van der Waals surface area (Å²) in [6.07, 6.45) is 3.24. The third kappa shape index (κ3) is 4.75. The SMILES string of the molecule is Cc1c(C(=O)NCCF)sc2ncnc(Nc3ccc(F)cc3OC3CCCNC3)c12. The molecular formula is C21H23F2N5O2S. The van der Waals surface area contributed by atoms with Crippen LogP contribution in [0.25, 0.3) is 10.2 Å². The molecule has 31 heavy (non-hydrogen) atoms.